The lowest BCUT2D eigenvalue weighted by atomic mass is 10.2. The molecule has 1 aliphatic rings. The minimum absolute atomic E-state index is 0.0112. The van der Waals surface area contributed by atoms with Gasteiger partial charge in [-0.05, 0) is 67.9 Å². The van der Waals surface area contributed by atoms with Gasteiger partial charge in [-0.1, -0.05) is 29.8 Å². The molecular formula is C24H24ClN3O6S2. The van der Waals surface area contributed by atoms with E-state index in [9.17, 15) is 21.6 Å². The Labute approximate surface area is 215 Å². The Morgan fingerprint density at radius 2 is 1.72 bits per heavy atom. The second-order valence-electron chi connectivity index (χ2n) is 8.04. The molecule has 0 radical (unpaired) electrons. The van der Waals surface area contributed by atoms with E-state index in [4.69, 9.17) is 16.3 Å². The zero-order valence-corrected chi connectivity index (χ0v) is 21.8. The number of hydrogen-bond acceptors (Lipinski definition) is 6. The molecule has 0 saturated heterocycles. The molecular weight excluding hydrogens is 526 g/mol. The van der Waals surface area contributed by atoms with E-state index in [0.717, 1.165) is 0 Å². The van der Waals surface area contributed by atoms with Gasteiger partial charge in [0.05, 0.1) is 28.6 Å². The molecule has 1 unspecified atom stereocenters. The number of benzene rings is 3. The van der Waals surface area contributed by atoms with E-state index in [1.54, 1.807) is 49.4 Å². The monoisotopic (exact) mass is 549 g/mol. The highest BCUT2D eigenvalue weighted by atomic mass is 35.5. The molecule has 12 heteroatoms. The Bertz CT molecular complexity index is 1510. The number of halogens is 1. The molecule has 4 rings (SSSR count). The number of para-hydroxylation sites is 2. The maximum Gasteiger partial charge on any atom is 0.267 e. The van der Waals surface area contributed by atoms with Gasteiger partial charge in [0, 0.05) is 10.7 Å². The fourth-order valence-electron chi connectivity index (χ4n) is 3.62. The van der Waals surface area contributed by atoms with Crippen LogP contribution in [0.15, 0.2) is 71.6 Å². The lowest BCUT2D eigenvalue weighted by molar-refractivity contribution is -0.122. The standard InChI is InChI=1S/C24H24ClN3O6S2/c1-3-35(30,31)28-15-23(34-22-10-5-4-9-21(22)28)24(29)26-17-11-13-18(14-12-17)36(32,33)27-20-8-6-7-19(25)16(20)2/h4-14,23,27H,3,15H2,1-2H3,(H,26,29). The van der Waals surface area contributed by atoms with Crippen molar-refractivity contribution in [2.75, 3.05) is 26.6 Å². The first-order valence-corrected chi connectivity index (χ1v) is 14.4. The molecule has 0 saturated carbocycles. The van der Waals surface area contributed by atoms with Crippen LogP contribution in [0.2, 0.25) is 5.02 Å². The van der Waals surface area contributed by atoms with Crippen molar-refractivity contribution in [3.63, 3.8) is 0 Å². The van der Waals surface area contributed by atoms with Gasteiger partial charge in [0.2, 0.25) is 10.0 Å². The van der Waals surface area contributed by atoms with E-state index in [2.05, 4.69) is 10.0 Å². The molecule has 1 aliphatic heterocycles. The third-order valence-corrected chi connectivity index (χ3v) is 9.21. The van der Waals surface area contributed by atoms with Gasteiger partial charge in [0.15, 0.2) is 6.10 Å². The van der Waals surface area contributed by atoms with Crippen LogP contribution in [0.3, 0.4) is 0 Å². The highest BCUT2D eigenvalue weighted by molar-refractivity contribution is 7.93. The van der Waals surface area contributed by atoms with E-state index in [1.807, 2.05) is 0 Å². The van der Waals surface area contributed by atoms with Crippen LogP contribution in [0.4, 0.5) is 17.1 Å². The number of nitrogens with one attached hydrogen (secondary N) is 2. The Morgan fingerprint density at radius 3 is 2.42 bits per heavy atom. The summed E-state index contributed by atoms with van der Waals surface area (Å²) in [6.07, 6.45) is -1.10. The van der Waals surface area contributed by atoms with Crippen LogP contribution in [0.5, 0.6) is 5.75 Å². The molecule has 0 aliphatic carbocycles. The second kappa shape index (κ2) is 10.00. The first-order chi connectivity index (χ1) is 17.0. The van der Waals surface area contributed by atoms with Crippen LogP contribution in [0, 0.1) is 6.92 Å². The maximum atomic E-state index is 12.9. The summed E-state index contributed by atoms with van der Waals surface area (Å²) in [5.74, 6) is -0.414. The predicted molar refractivity (Wildman–Crippen MR) is 140 cm³/mol. The third-order valence-electron chi connectivity index (χ3n) is 5.67. The fraction of sp³-hybridized carbons (Fsp3) is 0.208. The smallest absolute Gasteiger partial charge is 0.267 e. The molecule has 0 spiro atoms. The molecule has 3 aromatic carbocycles. The second-order valence-corrected chi connectivity index (χ2v) is 12.3. The van der Waals surface area contributed by atoms with Gasteiger partial charge >= 0.3 is 0 Å². The zero-order valence-electron chi connectivity index (χ0n) is 19.4. The summed E-state index contributed by atoms with van der Waals surface area (Å²) in [5.41, 5.74) is 1.66. The third kappa shape index (κ3) is 5.28. The van der Waals surface area contributed by atoms with Gasteiger partial charge in [0.1, 0.15) is 5.75 Å². The quantitative estimate of drug-likeness (QED) is 0.459. The van der Waals surface area contributed by atoms with Gasteiger partial charge < -0.3 is 10.1 Å². The molecule has 9 nitrogen and oxygen atoms in total. The number of ether oxygens (including phenoxy) is 1. The number of carbonyl (C=O) groups is 1. The molecule has 0 bridgehead atoms. The average molecular weight is 550 g/mol. The summed E-state index contributed by atoms with van der Waals surface area (Å²) in [6, 6.07) is 17.1. The van der Waals surface area contributed by atoms with E-state index in [0.29, 0.717) is 27.6 Å². The summed E-state index contributed by atoms with van der Waals surface area (Å²) in [5, 5.41) is 3.10. The highest BCUT2D eigenvalue weighted by Gasteiger charge is 2.36. The Morgan fingerprint density at radius 1 is 1.03 bits per heavy atom. The van der Waals surface area contributed by atoms with Crippen molar-refractivity contribution in [3.05, 3.63) is 77.3 Å². The van der Waals surface area contributed by atoms with Crippen LogP contribution < -0.4 is 19.1 Å². The molecule has 3 aromatic rings. The molecule has 1 amide bonds. The number of sulfonamides is 2. The van der Waals surface area contributed by atoms with Crippen LogP contribution in [0.25, 0.3) is 0 Å². The number of carbonyl (C=O) groups excluding carboxylic acids is 1. The summed E-state index contributed by atoms with van der Waals surface area (Å²) in [4.78, 5) is 12.9. The molecule has 36 heavy (non-hydrogen) atoms. The van der Waals surface area contributed by atoms with Crippen molar-refractivity contribution in [1.82, 2.24) is 0 Å². The van der Waals surface area contributed by atoms with Crippen molar-refractivity contribution < 1.29 is 26.4 Å². The molecule has 1 heterocycles. The van der Waals surface area contributed by atoms with Crippen molar-refractivity contribution in [2.45, 2.75) is 24.8 Å². The van der Waals surface area contributed by atoms with Gasteiger partial charge in [0.25, 0.3) is 15.9 Å². The Kier molecular flexibility index (Phi) is 7.17. The number of anilines is 3. The lowest BCUT2D eigenvalue weighted by Gasteiger charge is -2.34. The van der Waals surface area contributed by atoms with Crippen LogP contribution >= 0.6 is 11.6 Å². The van der Waals surface area contributed by atoms with Gasteiger partial charge in [-0.3, -0.25) is 13.8 Å². The summed E-state index contributed by atoms with van der Waals surface area (Å²) >= 11 is 6.07. The van der Waals surface area contributed by atoms with Crippen molar-refractivity contribution >= 4 is 54.6 Å². The van der Waals surface area contributed by atoms with Crippen molar-refractivity contribution in [1.29, 1.82) is 0 Å². The van der Waals surface area contributed by atoms with Crippen LogP contribution in [0.1, 0.15) is 12.5 Å². The summed E-state index contributed by atoms with van der Waals surface area (Å²) in [6.45, 7) is 3.05. The minimum atomic E-state index is -3.90. The fourth-order valence-corrected chi connectivity index (χ4v) is 6.04. The molecule has 0 aromatic heterocycles. The maximum absolute atomic E-state index is 12.9. The van der Waals surface area contributed by atoms with Gasteiger partial charge in [-0.15, -0.1) is 0 Å². The highest BCUT2D eigenvalue weighted by Crippen LogP contribution is 2.35. The largest absolute Gasteiger partial charge is 0.476 e. The summed E-state index contributed by atoms with van der Waals surface area (Å²) in [7, 11) is -7.53. The van der Waals surface area contributed by atoms with Gasteiger partial charge in [-0.25, -0.2) is 16.8 Å². The van der Waals surface area contributed by atoms with Gasteiger partial charge in [-0.2, -0.15) is 0 Å². The number of nitrogens with zero attached hydrogens (tertiary/aromatic N) is 1. The van der Waals surface area contributed by atoms with Crippen LogP contribution in [-0.2, 0) is 24.8 Å². The van der Waals surface area contributed by atoms with Crippen LogP contribution in [-0.4, -0.2) is 41.1 Å². The lowest BCUT2D eigenvalue weighted by Crippen LogP contribution is -2.49. The number of rotatable bonds is 7. The van der Waals surface area contributed by atoms with E-state index in [-0.39, 0.29) is 22.9 Å². The van der Waals surface area contributed by atoms with Crippen molar-refractivity contribution in [3.8, 4) is 5.75 Å². The first-order valence-electron chi connectivity index (χ1n) is 11.0. The average Bonchev–Trinajstić information content (AvgIpc) is 2.86. The Balaban J connectivity index is 1.49. The number of fused-ring (bicyclic) bond motifs is 1. The number of hydrogen-bond donors (Lipinski definition) is 2. The van der Waals surface area contributed by atoms with E-state index >= 15 is 0 Å². The zero-order chi connectivity index (χ0) is 26.1. The normalized spacial score (nSPS) is 15.5. The topological polar surface area (TPSA) is 122 Å². The van der Waals surface area contributed by atoms with Crippen molar-refractivity contribution in [2.24, 2.45) is 0 Å². The minimum Gasteiger partial charge on any atom is -0.476 e. The van der Waals surface area contributed by atoms with E-state index < -0.39 is 32.1 Å². The molecule has 2 N–H and O–H groups in total. The molecule has 0 fully saturated rings. The van der Waals surface area contributed by atoms with E-state index in [1.165, 1.54) is 35.5 Å². The Hall–Kier alpha value is -3.28. The molecule has 190 valence electrons. The SMILES string of the molecule is CCS(=O)(=O)N1CC(C(=O)Nc2ccc(S(=O)(=O)Nc3cccc(Cl)c3C)cc2)Oc2ccccc21. The predicted octanol–water partition coefficient (Wildman–Crippen LogP) is 4.01. The summed E-state index contributed by atoms with van der Waals surface area (Å²) < 4.78 is 60.3. The number of amides is 1. The molecule has 1 atom stereocenters. The first kappa shape index (κ1) is 25.8.